The van der Waals surface area contributed by atoms with Crippen LogP contribution >= 0.6 is 12.4 Å². The molecule has 0 saturated carbocycles. The van der Waals surface area contributed by atoms with Gasteiger partial charge >= 0.3 is 0 Å². The Kier molecular flexibility index (Phi) is 13.4. The van der Waals surface area contributed by atoms with Gasteiger partial charge in [0.05, 0.1) is 6.10 Å². The molecule has 23 heavy (non-hydrogen) atoms. The Hall–Kier alpha value is -0.610. The van der Waals surface area contributed by atoms with Crippen LogP contribution in [0.2, 0.25) is 0 Å². The van der Waals surface area contributed by atoms with Crippen molar-refractivity contribution < 1.29 is 10.2 Å². The Bertz CT molecular complexity index is 383. The van der Waals surface area contributed by atoms with E-state index in [1.54, 1.807) is 0 Å². The van der Waals surface area contributed by atoms with Crippen molar-refractivity contribution in [1.29, 1.82) is 0 Å². The van der Waals surface area contributed by atoms with E-state index in [4.69, 9.17) is 10.8 Å². The highest BCUT2D eigenvalue weighted by Gasteiger charge is 2.12. The van der Waals surface area contributed by atoms with E-state index in [0.717, 1.165) is 12.0 Å². The average Bonchev–Trinajstić information content (AvgIpc) is 2.51. The Morgan fingerprint density at radius 2 is 1.61 bits per heavy atom. The Morgan fingerprint density at radius 1 is 1.00 bits per heavy atom. The van der Waals surface area contributed by atoms with Gasteiger partial charge < -0.3 is 15.9 Å². The number of nitrogens with two attached hydrogens (primary N) is 1. The predicted molar refractivity (Wildman–Crippen MR) is 100 cm³/mol. The molecule has 0 aliphatic heterocycles. The number of rotatable bonds is 12. The van der Waals surface area contributed by atoms with Gasteiger partial charge in [-0.15, -0.1) is 12.4 Å². The van der Waals surface area contributed by atoms with Crippen molar-refractivity contribution in [1.82, 2.24) is 0 Å². The van der Waals surface area contributed by atoms with E-state index in [0.29, 0.717) is 12.8 Å². The summed E-state index contributed by atoms with van der Waals surface area (Å²) in [5.74, 6) is 0. The fourth-order valence-corrected chi connectivity index (χ4v) is 2.74. The van der Waals surface area contributed by atoms with E-state index in [-0.39, 0.29) is 25.1 Å². The number of unbranched alkanes of at least 4 members (excludes halogenated alkanes) is 5. The third-order valence-corrected chi connectivity index (χ3v) is 4.22. The van der Waals surface area contributed by atoms with Gasteiger partial charge in [-0.3, -0.25) is 0 Å². The van der Waals surface area contributed by atoms with Crippen LogP contribution in [0.3, 0.4) is 0 Å². The van der Waals surface area contributed by atoms with Crippen molar-refractivity contribution in [3.05, 3.63) is 35.4 Å². The first-order valence-electron chi connectivity index (χ1n) is 8.80. The third kappa shape index (κ3) is 9.98. The smallest absolute Gasteiger partial charge is 0.0580 e. The molecule has 0 aliphatic rings. The first-order valence-corrected chi connectivity index (χ1v) is 8.80. The second-order valence-corrected chi connectivity index (χ2v) is 6.27. The standard InChI is InChI=1S/C19H33NO2.ClH/c1-2-3-4-5-6-7-8-16-9-11-17(12-10-16)19(20)15-18(22)13-14-21;/h9-12,18-19,21-22H,2-8,13-15,20H2,1H3;1H. The molecule has 2 unspecified atom stereocenters. The molecule has 0 bridgehead atoms. The maximum absolute atomic E-state index is 9.70. The average molecular weight is 344 g/mol. The highest BCUT2D eigenvalue weighted by Crippen LogP contribution is 2.19. The summed E-state index contributed by atoms with van der Waals surface area (Å²) < 4.78 is 0. The molecule has 3 nitrogen and oxygen atoms in total. The van der Waals surface area contributed by atoms with Gasteiger partial charge in [0, 0.05) is 12.6 Å². The minimum Gasteiger partial charge on any atom is -0.396 e. The molecule has 4 N–H and O–H groups in total. The zero-order valence-corrected chi connectivity index (χ0v) is 15.2. The Labute approximate surface area is 147 Å². The van der Waals surface area contributed by atoms with E-state index in [9.17, 15) is 5.11 Å². The normalized spacial score (nSPS) is 13.4. The molecule has 134 valence electrons. The van der Waals surface area contributed by atoms with Crippen molar-refractivity contribution in [2.75, 3.05) is 6.61 Å². The van der Waals surface area contributed by atoms with Gasteiger partial charge in [-0.1, -0.05) is 63.3 Å². The molecular weight excluding hydrogens is 310 g/mol. The molecule has 1 rings (SSSR count). The lowest BCUT2D eigenvalue weighted by atomic mass is 9.97. The SMILES string of the molecule is CCCCCCCCc1ccc(C(N)CC(O)CCO)cc1.Cl. The number of benzene rings is 1. The van der Waals surface area contributed by atoms with Gasteiger partial charge in [0.25, 0.3) is 0 Å². The molecule has 0 saturated heterocycles. The van der Waals surface area contributed by atoms with Crippen LogP contribution in [0.4, 0.5) is 0 Å². The van der Waals surface area contributed by atoms with Gasteiger partial charge in [0.1, 0.15) is 0 Å². The zero-order chi connectivity index (χ0) is 16.2. The van der Waals surface area contributed by atoms with Crippen LogP contribution in [-0.4, -0.2) is 22.9 Å². The van der Waals surface area contributed by atoms with Crippen LogP contribution in [-0.2, 0) is 6.42 Å². The number of halogens is 1. The topological polar surface area (TPSA) is 66.5 Å². The van der Waals surface area contributed by atoms with Crippen LogP contribution in [0.15, 0.2) is 24.3 Å². The fourth-order valence-electron chi connectivity index (χ4n) is 2.74. The van der Waals surface area contributed by atoms with Gasteiger partial charge in [-0.25, -0.2) is 0 Å². The number of aliphatic hydroxyl groups excluding tert-OH is 2. The van der Waals surface area contributed by atoms with Gasteiger partial charge in [0.15, 0.2) is 0 Å². The van der Waals surface area contributed by atoms with E-state index in [1.807, 2.05) is 0 Å². The van der Waals surface area contributed by atoms with E-state index >= 15 is 0 Å². The summed E-state index contributed by atoms with van der Waals surface area (Å²) in [5.41, 5.74) is 8.53. The van der Waals surface area contributed by atoms with Crippen molar-refractivity contribution in [2.45, 2.75) is 76.9 Å². The highest BCUT2D eigenvalue weighted by atomic mass is 35.5. The summed E-state index contributed by atoms with van der Waals surface area (Å²) >= 11 is 0. The van der Waals surface area contributed by atoms with Crippen molar-refractivity contribution in [2.24, 2.45) is 5.73 Å². The van der Waals surface area contributed by atoms with Crippen LogP contribution in [0.1, 0.15) is 75.5 Å². The number of aryl methyl sites for hydroxylation is 1. The van der Waals surface area contributed by atoms with Crippen LogP contribution in [0.25, 0.3) is 0 Å². The molecule has 1 aromatic rings. The number of aliphatic hydroxyl groups is 2. The lowest BCUT2D eigenvalue weighted by Gasteiger charge is -2.16. The Balaban J connectivity index is 0.00000484. The van der Waals surface area contributed by atoms with E-state index in [2.05, 4.69) is 31.2 Å². The zero-order valence-electron chi connectivity index (χ0n) is 14.4. The molecule has 0 heterocycles. The summed E-state index contributed by atoms with van der Waals surface area (Å²) in [6.07, 6.45) is 9.43. The summed E-state index contributed by atoms with van der Waals surface area (Å²) in [6, 6.07) is 8.29. The molecule has 2 atom stereocenters. The lowest BCUT2D eigenvalue weighted by Crippen LogP contribution is -2.19. The summed E-state index contributed by atoms with van der Waals surface area (Å²) in [6.45, 7) is 2.25. The van der Waals surface area contributed by atoms with E-state index in [1.165, 1.54) is 44.1 Å². The molecule has 0 spiro atoms. The van der Waals surface area contributed by atoms with Crippen LogP contribution in [0.5, 0.6) is 0 Å². The van der Waals surface area contributed by atoms with E-state index < -0.39 is 6.10 Å². The second kappa shape index (κ2) is 13.8. The predicted octanol–water partition coefficient (Wildman–Crippen LogP) is 4.14. The third-order valence-electron chi connectivity index (χ3n) is 4.22. The van der Waals surface area contributed by atoms with Crippen molar-refractivity contribution in [3.8, 4) is 0 Å². The minimum atomic E-state index is -0.525. The molecule has 0 amide bonds. The molecule has 0 fully saturated rings. The van der Waals surface area contributed by atoms with Gasteiger partial charge in [0.2, 0.25) is 0 Å². The fraction of sp³-hybridized carbons (Fsp3) is 0.684. The van der Waals surface area contributed by atoms with Crippen LogP contribution in [0, 0.1) is 0 Å². The number of hydrogen-bond donors (Lipinski definition) is 3. The largest absolute Gasteiger partial charge is 0.396 e. The van der Waals surface area contributed by atoms with Gasteiger partial charge in [-0.05, 0) is 36.8 Å². The van der Waals surface area contributed by atoms with Crippen LogP contribution < -0.4 is 5.73 Å². The van der Waals surface area contributed by atoms with Crippen molar-refractivity contribution >= 4 is 12.4 Å². The molecule has 0 aromatic heterocycles. The lowest BCUT2D eigenvalue weighted by molar-refractivity contribution is 0.118. The maximum atomic E-state index is 9.70. The summed E-state index contributed by atoms with van der Waals surface area (Å²) in [7, 11) is 0. The molecule has 4 heteroatoms. The molecule has 1 aromatic carbocycles. The minimum absolute atomic E-state index is 0. The molecule has 0 aliphatic carbocycles. The summed E-state index contributed by atoms with van der Waals surface area (Å²) in [5, 5.41) is 18.5. The molecule has 0 radical (unpaired) electrons. The monoisotopic (exact) mass is 343 g/mol. The molecular formula is C19H34ClNO2. The summed E-state index contributed by atoms with van der Waals surface area (Å²) in [4.78, 5) is 0. The Morgan fingerprint density at radius 3 is 2.22 bits per heavy atom. The number of hydrogen-bond acceptors (Lipinski definition) is 3. The van der Waals surface area contributed by atoms with Gasteiger partial charge in [-0.2, -0.15) is 0 Å². The quantitative estimate of drug-likeness (QED) is 0.499. The maximum Gasteiger partial charge on any atom is 0.0580 e. The first-order chi connectivity index (χ1) is 10.7. The van der Waals surface area contributed by atoms with Crippen molar-refractivity contribution in [3.63, 3.8) is 0 Å². The first kappa shape index (κ1) is 22.4. The highest BCUT2D eigenvalue weighted by molar-refractivity contribution is 5.85. The second-order valence-electron chi connectivity index (χ2n) is 6.27.